The van der Waals surface area contributed by atoms with Gasteiger partial charge < -0.3 is 14.8 Å². The average molecular weight is 263 g/mol. The molecule has 2 rings (SSSR count). The van der Waals surface area contributed by atoms with E-state index in [1.807, 2.05) is 25.1 Å². The minimum absolute atomic E-state index is 0.149. The number of nitrogens with one attached hydrogen (secondary N) is 1. The van der Waals surface area contributed by atoms with E-state index >= 15 is 0 Å². The van der Waals surface area contributed by atoms with Crippen molar-refractivity contribution in [1.29, 1.82) is 0 Å². The topological polar surface area (TPSA) is 47.6 Å². The van der Waals surface area contributed by atoms with Gasteiger partial charge in [-0.05, 0) is 25.3 Å². The zero-order valence-electron chi connectivity index (χ0n) is 11.3. The molecule has 0 bridgehead atoms. The standard InChI is InChI=1S/C15H21NO3/c1-2-18-15(17)14-9-8-13(10-16-14)19-11-12-6-4-3-5-7-12/h3-7,13-14,16H,2,8-11H2,1H3/t13-,14+/m1/s1. The van der Waals surface area contributed by atoms with Gasteiger partial charge in [-0.15, -0.1) is 0 Å². The highest BCUT2D eigenvalue weighted by atomic mass is 16.5. The van der Waals surface area contributed by atoms with Gasteiger partial charge in [0.15, 0.2) is 0 Å². The van der Waals surface area contributed by atoms with Gasteiger partial charge in [0.05, 0.1) is 19.3 Å². The van der Waals surface area contributed by atoms with Gasteiger partial charge >= 0.3 is 5.97 Å². The Kier molecular flexibility index (Phi) is 5.36. The van der Waals surface area contributed by atoms with E-state index in [2.05, 4.69) is 17.4 Å². The largest absolute Gasteiger partial charge is 0.465 e. The molecule has 4 heteroatoms. The molecule has 1 fully saturated rings. The van der Waals surface area contributed by atoms with Crippen LogP contribution < -0.4 is 5.32 Å². The minimum Gasteiger partial charge on any atom is -0.465 e. The number of ether oxygens (including phenoxy) is 2. The molecule has 1 N–H and O–H groups in total. The van der Waals surface area contributed by atoms with Crippen LogP contribution in [0.1, 0.15) is 25.3 Å². The van der Waals surface area contributed by atoms with E-state index in [-0.39, 0.29) is 18.1 Å². The van der Waals surface area contributed by atoms with E-state index in [0.29, 0.717) is 19.8 Å². The normalized spacial score (nSPS) is 23.0. The lowest BCUT2D eigenvalue weighted by molar-refractivity contribution is -0.147. The number of benzene rings is 1. The number of carbonyl (C=O) groups is 1. The van der Waals surface area contributed by atoms with Crippen molar-refractivity contribution in [2.75, 3.05) is 13.2 Å². The fraction of sp³-hybridized carbons (Fsp3) is 0.533. The maximum absolute atomic E-state index is 11.6. The lowest BCUT2D eigenvalue weighted by Crippen LogP contribution is -2.47. The van der Waals surface area contributed by atoms with Gasteiger partial charge in [0.25, 0.3) is 0 Å². The summed E-state index contributed by atoms with van der Waals surface area (Å²) in [5, 5.41) is 3.19. The predicted octanol–water partition coefficient (Wildman–Crippen LogP) is 1.89. The molecule has 1 aromatic carbocycles. The third-order valence-electron chi connectivity index (χ3n) is 3.27. The highest BCUT2D eigenvalue weighted by Gasteiger charge is 2.26. The zero-order chi connectivity index (χ0) is 13.5. The summed E-state index contributed by atoms with van der Waals surface area (Å²) in [6.07, 6.45) is 1.84. The molecule has 1 aromatic rings. The van der Waals surface area contributed by atoms with Gasteiger partial charge in [-0.2, -0.15) is 0 Å². The number of hydrogen-bond donors (Lipinski definition) is 1. The Labute approximate surface area is 114 Å². The molecule has 1 saturated heterocycles. The second-order valence-corrected chi connectivity index (χ2v) is 4.71. The first-order valence-corrected chi connectivity index (χ1v) is 6.85. The lowest BCUT2D eigenvalue weighted by atomic mass is 10.0. The van der Waals surface area contributed by atoms with E-state index in [1.165, 1.54) is 5.56 Å². The van der Waals surface area contributed by atoms with Gasteiger partial charge in [-0.3, -0.25) is 4.79 Å². The Bertz CT molecular complexity index is 386. The molecule has 0 amide bonds. The summed E-state index contributed by atoms with van der Waals surface area (Å²) in [5.41, 5.74) is 1.18. The minimum atomic E-state index is -0.170. The quantitative estimate of drug-likeness (QED) is 0.824. The molecule has 19 heavy (non-hydrogen) atoms. The third-order valence-corrected chi connectivity index (χ3v) is 3.27. The molecule has 1 aliphatic heterocycles. The molecule has 0 radical (unpaired) electrons. The van der Waals surface area contributed by atoms with Crippen LogP contribution in [0, 0.1) is 0 Å². The summed E-state index contributed by atoms with van der Waals surface area (Å²) in [5.74, 6) is -0.149. The molecular weight excluding hydrogens is 242 g/mol. The van der Waals surface area contributed by atoms with Crippen molar-refractivity contribution < 1.29 is 14.3 Å². The summed E-state index contributed by atoms with van der Waals surface area (Å²) < 4.78 is 10.8. The van der Waals surface area contributed by atoms with E-state index in [1.54, 1.807) is 0 Å². The third kappa shape index (κ3) is 4.33. The summed E-state index contributed by atoms with van der Waals surface area (Å²) in [6, 6.07) is 9.95. The zero-order valence-corrected chi connectivity index (χ0v) is 11.3. The molecule has 0 unspecified atom stereocenters. The monoisotopic (exact) mass is 263 g/mol. The predicted molar refractivity (Wildman–Crippen MR) is 72.7 cm³/mol. The molecule has 1 aliphatic rings. The van der Waals surface area contributed by atoms with E-state index in [0.717, 1.165) is 12.8 Å². The van der Waals surface area contributed by atoms with Crippen LogP contribution in [0.2, 0.25) is 0 Å². The Hall–Kier alpha value is -1.39. The summed E-state index contributed by atoms with van der Waals surface area (Å²) in [6.45, 7) is 3.59. The van der Waals surface area contributed by atoms with Crippen LogP contribution in [0.3, 0.4) is 0 Å². The first-order chi connectivity index (χ1) is 9.29. The van der Waals surface area contributed by atoms with Crippen molar-refractivity contribution >= 4 is 5.97 Å². The van der Waals surface area contributed by atoms with Crippen molar-refractivity contribution in [3.63, 3.8) is 0 Å². The Morgan fingerprint density at radius 3 is 2.74 bits per heavy atom. The van der Waals surface area contributed by atoms with Crippen molar-refractivity contribution in [1.82, 2.24) is 5.32 Å². The molecule has 1 heterocycles. The number of piperidine rings is 1. The second kappa shape index (κ2) is 7.26. The van der Waals surface area contributed by atoms with Crippen LogP contribution in [-0.4, -0.2) is 31.3 Å². The van der Waals surface area contributed by atoms with Crippen LogP contribution in [0.5, 0.6) is 0 Å². The van der Waals surface area contributed by atoms with Crippen LogP contribution in [0.25, 0.3) is 0 Å². The SMILES string of the molecule is CCOC(=O)[C@@H]1CC[C@@H](OCc2ccccc2)CN1. The first kappa shape index (κ1) is 14.0. The Morgan fingerprint density at radius 2 is 2.11 bits per heavy atom. The fourth-order valence-corrected chi connectivity index (χ4v) is 2.20. The molecule has 104 valence electrons. The number of hydrogen-bond acceptors (Lipinski definition) is 4. The maximum Gasteiger partial charge on any atom is 0.323 e. The van der Waals surface area contributed by atoms with Crippen LogP contribution >= 0.6 is 0 Å². The summed E-state index contributed by atoms with van der Waals surface area (Å²) >= 11 is 0. The van der Waals surface area contributed by atoms with Crippen LogP contribution in [0.15, 0.2) is 30.3 Å². The van der Waals surface area contributed by atoms with Crippen molar-refractivity contribution in [2.24, 2.45) is 0 Å². The Balaban J connectivity index is 1.70. The average Bonchev–Trinajstić information content (AvgIpc) is 2.47. The highest BCUT2D eigenvalue weighted by Crippen LogP contribution is 2.14. The smallest absolute Gasteiger partial charge is 0.323 e. The highest BCUT2D eigenvalue weighted by molar-refractivity contribution is 5.75. The van der Waals surface area contributed by atoms with Crippen LogP contribution in [-0.2, 0) is 20.9 Å². The fourth-order valence-electron chi connectivity index (χ4n) is 2.20. The van der Waals surface area contributed by atoms with Gasteiger partial charge in [0.1, 0.15) is 6.04 Å². The Morgan fingerprint density at radius 1 is 1.32 bits per heavy atom. The van der Waals surface area contributed by atoms with Gasteiger partial charge in [-0.25, -0.2) is 0 Å². The van der Waals surface area contributed by atoms with Crippen molar-refractivity contribution in [3.05, 3.63) is 35.9 Å². The summed E-state index contributed by atoms with van der Waals surface area (Å²) in [4.78, 5) is 11.6. The molecule has 0 aromatic heterocycles. The van der Waals surface area contributed by atoms with Gasteiger partial charge in [-0.1, -0.05) is 30.3 Å². The molecule has 0 saturated carbocycles. The van der Waals surface area contributed by atoms with E-state index < -0.39 is 0 Å². The van der Waals surface area contributed by atoms with E-state index in [4.69, 9.17) is 9.47 Å². The van der Waals surface area contributed by atoms with Crippen molar-refractivity contribution in [2.45, 2.75) is 38.5 Å². The molecule has 4 nitrogen and oxygen atoms in total. The molecular formula is C15H21NO3. The number of esters is 1. The lowest BCUT2D eigenvalue weighted by Gasteiger charge is -2.28. The van der Waals surface area contributed by atoms with Gasteiger partial charge in [0, 0.05) is 6.54 Å². The van der Waals surface area contributed by atoms with Crippen LogP contribution in [0.4, 0.5) is 0 Å². The van der Waals surface area contributed by atoms with Gasteiger partial charge in [0.2, 0.25) is 0 Å². The van der Waals surface area contributed by atoms with Crippen molar-refractivity contribution in [3.8, 4) is 0 Å². The number of rotatable bonds is 5. The summed E-state index contributed by atoms with van der Waals surface area (Å²) in [7, 11) is 0. The van der Waals surface area contributed by atoms with E-state index in [9.17, 15) is 4.79 Å². The maximum atomic E-state index is 11.6. The molecule has 0 spiro atoms. The second-order valence-electron chi connectivity index (χ2n) is 4.71. The molecule has 2 atom stereocenters. The molecule has 0 aliphatic carbocycles. The number of carbonyl (C=O) groups excluding carboxylic acids is 1. The first-order valence-electron chi connectivity index (χ1n) is 6.85.